The molecule has 0 saturated heterocycles. The maximum Gasteiger partial charge on any atom is 0.198 e. The number of aromatic nitrogens is 1. The summed E-state index contributed by atoms with van der Waals surface area (Å²) in [6, 6.07) is 0. The van der Waals surface area contributed by atoms with E-state index in [4.69, 9.17) is 16.0 Å². The van der Waals surface area contributed by atoms with Crippen molar-refractivity contribution >= 4 is 11.6 Å². The summed E-state index contributed by atoms with van der Waals surface area (Å²) in [6.07, 6.45) is 2.87. The van der Waals surface area contributed by atoms with E-state index in [-0.39, 0.29) is 6.42 Å². The number of rotatable bonds is 2. The average molecular weight is 150 g/mol. The van der Waals surface area contributed by atoms with Crippen molar-refractivity contribution in [3.63, 3.8) is 0 Å². The van der Waals surface area contributed by atoms with Crippen molar-refractivity contribution in [3.05, 3.63) is 18.4 Å². The lowest BCUT2D eigenvalue weighted by molar-refractivity contribution is 0.395. The molecule has 1 rings (SSSR count). The second-order valence-electron chi connectivity index (χ2n) is 1.52. The zero-order valence-corrected chi connectivity index (χ0v) is 5.31. The molecule has 0 aliphatic carbocycles. The van der Waals surface area contributed by atoms with E-state index in [0.29, 0.717) is 5.89 Å². The van der Waals surface area contributed by atoms with Crippen LogP contribution in [0.5, 0.6) is 0 Å². The van der Waals surface area contributed by atoms with E-state index < -0.39 is 5.63 Å². The van der Waals surface area contributed by atoms with E-state index in [1.54, 1.807) is 0 Å². The quantitative estimate of drug-likeness (QED) is 0.599. The molecule has 2 nitrogen and oxygen atoms in total. The number of hydrogen-bond donors (Lipinski definition) is 0. The van der Waals surface area contributed by atoms with Gasteiger partial charge in [-0.1, -0.05) is 11.6 Å². The lowest BCUT2D eigenvalue weighted by Crippen LogP contribution is -1.94. The van der Waals surface area contributed by atoms with Crippen molar-refractivity contribution in [2.45, 2.75) is 12.1 Å². The van der Waals surface area contributed by atoms with Crippen molar-refractivity contribution < 1.29 is 8.81 Å². The monoisotopic (exact) mass is 149 g/mol. The summed E-state index contributed by atoms with van der Waals surface area (Å²) in [5.74, 6) is 0.331. The molecule has 0 amide bonds. The standard InChI is InChI=1S/C5H5ClFNO/c6-4(7)3-5-8-1-2-9-5/h1-2,4H,3H2. The second-order valence-corrected chi connectivity index (χ2v) is 1.99. The molecule has 4 heteroatoms. The van der Waals surface area contributed by atoms with Crippen molar-refractivity contribution in [1.82, 2.24) is 4.98 Å². The van der Waals surface area contributed by atoms with E-state index in [1.807, 2.05) is 0 Å². The molecule has 0 aliphatic rings. The number of alkyl halides is 2. The van der Waals surface area contributed by atoms with Crippen LogP contribution in [0.1, 0.15) is 5.89 Å². The van der Waals surface area contributed by atoms with Gasteiger partial charge in [0.05, 0.1) is 12.6 Å². The van der Waals surface area contributed by atoms with Gasteiger partial charge in [-0.15, -0.1) is 0 Å². The summed E-state index contributed by atoms with van der Waals surface area (Å²) in [7, 11) is 0. The van der Waals surface area contributed by atoms with E-state index >= 15 is 0 Å². The lowest BCUT2D eigenvalue weighted by atomic mass is 10.5. The smallest absolute Gasteiger partial charge is 0.198 e. The predicted octanol–water partition coefficient (Wildman–Crippen LogP) is 1.75. The van der Waals surface area contributed by atoms with Gasteiger partial charge in [-0.25, -0.2) is 9.37 Å². The summed E-state index contributed by atoms with van der Waals surface area (Å²) < 4.78 is 16.6. The van der Waals surface area contributed by atoms with Gasteiger partial charge in [-0.2, -0.15) is 0 Å². The van der Waals surface area contributed by atoms with Crippen molar-refractivity contribution in [1.29, 1.82) is 0 Å². The fourth-order valence-electron chi connectivity index (χ4n) is 0.486. The van der Waals surface area contributed by atoms with Gasteiger partial charge < -0.3 is 4.42 Å². The Morgan fingerprint density at radius 2 is 2.67 bits per heavy atom. The van der Waals surface area contributed by atoms with Crippen LogP contribution in [-0.4, -0.2) is 10.6 Å². The van der Waals surface area contributed by atoms with Gasteiger partial charge in [0.15, 0.2) is 11.5 Å². The van der Waals surface area contributed by atoms with Crippen LogP contribution in [0.15, 0.2) is 16.9 Å². The van der Waals surface area contributed by atoms with Crippen LogP contribution in [0, 0.1) is 0 Å². The molecule has 0 radical (unpaired) electrons. The Bertz CT molecular complexity index is 163. The molecule has 50 valence electrons. The topological polar surface area (TPSA) is 26.0 Å². The van der Waals surface area contributed by atoms with Crippen molar-refractivity contribution in [2.75, 3.05) is 0 Å². The maximum absolute atomic E-state index is 11.9. The fourth-order valence-corrected chi connectivity index (χ4v) is 0.618. The van der Waals surface area contributed by atoms with E-state index in [1.165, 1.54) is 12.5 Å². The molecular weight excluding hydrogens is 145 g/mol. The van der Waals surface area contributed by atoms with Crippen LogP contribution in [-0.2, 0) is 6.42 Å². The minimum atomic E-state index is -1.40. The van der Waals surface area contributed by atoms with Crippen molar-refractivity contribution in [3.8, 4) is 0 Å². The van der Waals surface area contributed by atoms with Gasteiger partial charge in [0.25, 0.3) is 0 Å². The largest absolute Gasteiger partial charge is 0.449 e. The highest BCUT2D eigenvalue weighted by atomic mass is 35.5. The van der Waals surface area contributed by atoms with Crippen LogP contribution in [0.25, 0.3) is 0 Å². The molecule has 1 heterocycles. The highest BCUT2D eigenvalue weighted by Crippen LogP contribution is 2.05. The molecule has 0 N–H and O–H groups in total. The molecule has 0 spiro atoms. The third-order valence-electron chi connectivity index (χ3n) is 0.812. The average Bonchev–Trinajstić information content (AvgIpc) is 2.15. The highest BCUT2D eigenvalue weighted by molar-refractivity contribution is 6.19. The Balaban J connectivity index is 2.48. The van der Waals surface area contributed by atoms with E-state index in [0.717, 1.165) is 0 Å². The first-order chi connectivity index (χ1) is 4.29. The first-order valence-electron chi connectivity index (χ1n) is 2.45. The number of hydrogen-bond acceptors (Lipinski definition) is 2. The summed E-state index contributed by atoms with van der Waals surface area (Å²) in [4.78, 5) is 3.67. The van der Waals surface area contributed by atoms with Crippen LogP contribution in [0.3, 0.4) is 0 Å². The SMILES string of the molecule is FC(Cl)Cc1ncco1. The summed E-state index contributed by atoms with van der Waals surface area (Å²) in [5.41, 5.74) is -1.40. The Kier molecular flexibility index (Phi) is 2.05. The molecule has 1 aromatic heterocycles. The zero-order chi connectivity index (χ0) is 6.69. The van der Waals surface area contributed by atoms with Gasteiger partial charge >= 0.3 is 0 Å². The normalized spacial score (nSPS) is 13.6. The third-order valence-corrected chi connectivity index (χ3v) is 0.967. The Labute approximate surface area is 56.6 Å². The Morgan fingerprint density at radius 3 is 3.11 bits per heavy atom. The highest BCUT2D eigenvalue weighted by Gasteiger charge is 2.04. The molecule has 0 bridgehead atoms. The minimum absolute atomic E-state index is 0.0363. The molecule has 9 heavy (non-hydrogen) atoms. The first-order valence-corrected chi connectivity index (χ1v) is 2.89. The molecule has 0 aliphatic heterocycles. The summed E-state index contributed by atoms with van der Waals surface area (Å²) in [6.45, 7) is 0. The van der Waals surface area contributed by atoms with Crippen LogP contribution in [0.2, 0.25) is 0 Å². The molecule has 0 fully saturated rings. The molecule has 1 aromatic rings. The molecule has 0 aromatic carbocycles. The molecular formula is C5H5ClFNO. The number of oxazole rings is 1. The molecule has 1 unspecified atom stereocenters. The fraction of sp³-hybridized carbons (Fsp3) is 0.400. The van der Waals surface area contributed by atoms with Gasteiger partial charge in [0.1, 0.15) is 6.26 Å². The van der Waals surface area contributed by atoms with Crippen LogP contribution < -0.4 is 0 Å². The number of halogens is 2. The summed E-state index contributed by atoms with van der Waals surface area (Å²) in [5, 5.41) is 0. The molecule has 1 atom stereocenters. The summed E-state index contributed by atoms with van der Waals surface area (Å²) >= 11 is 5.00. The van der Waals surface area contributed by atoms with Crippen LogP contribution >= 0.6 is 11.6 Å². The first kappa shape index (κ1) is 6.55. The maximum atomic E-state index is 11.9. The third kappa shape index (κ3) is 2.01. The van der Waals surface area contributed by atoms with Gasteiger partial charge in [-0.3, -0.25) is 0 Å². The Morgan fingerprint density at radius 1 is 1.89 bits per heavy atom. The van der Waals surface area contributed by atoms with E-state index in [2.05, 4.69) is 4.98 Å². The second kappa shape index (κ2) is 2.82. The van der Waals surface area contributed by atoms with E-state index in [9.17, 15) is 4.39 Å². The van der Waals surface area contributed by atoms with Crippen molar-refractivity contribution in [2.24, 2.45) is 0 Å². The van der Waals surface area contributed by atoms with Gasteiger partial charge in [0.2, 0.25) is 0 Å². The number of nitrogens with zero attached hydrogens (tertiary/aromatic N) is 1. The molecule has 0 saturated carbocycles. The lowest BCUT2D eigenvalue weighted by Gasteiger charge is -1.90. The van der Waals surface area contributed by atoms with Gasteiger partial charge in [-0.05, 0) is 0 Å². The Hall–Kier alpha value is -0.570. The van der Waals surface area contributed by atoms with Gasteiger partial charge in [0, 0.05) is 0 Å². The minimum Gasteiger partial charge on any atom is -0.449 e. The van der Waals surface area contributed by atoms with Crippen LogP contribution in [0.4, 0.5) is 4.39 Å². The zero-order valence-electron chi connectivity index (χ0n) is 4.55. The predicted molar refractivity (Wildman–Crippen MR) is 31.0 cm³/mol.